The summed E-state index contributed by atoms with van der Waals surface area (Å²) in [5, 5.41) is 0. The fraction of sp³-hybridized carbons (Fsp3) is 0.447. The molecular formula is C47H73BrN2Y2. The number of aryl methyl sites for hydroxylation is 4. The number of rotatable bonds is 0. The van der Waals surface area contributed by atoms with Crippen LogP contribution >= 0.6 is 15.9 Å². The summed E-state index contributed by atoms with van der Waals surface area (Å²) < 4.78 is 1.27. The molecule has 0 spiro atoms. The van der Waals surface area contributed by atoms with E-state index >= 15 is 0 Å². The standard InChI is InChI=1S/C11H15Br.C11H16N.2C11H15.CH4.2CH3.H2N.2Y/c2*1-6-7(2)9(4)11(12)10(5)8(6)3;2*1-7-6-8(2)10(4)11(5)9(7)3;;;;;;/h1-5H3;12H,1-5H3;2*1-5H3;1H4;2*1H3;1H2;;/q;3*-1;;3*-1;2*+3. The van der Waals surface area contributed by atoms with E-state index in [0.717, 1.165) is 11.1 Å². The average Bonchev–Trinajstić information content (AvgIpc) is 3.03. The molecule has 0 aliphatic heterocycles. The molecule has 0 amide bonds. The van der Waals surface area contributed by atoms with Crippen molar-refractivity contribution in [3.05, 3.63) is 155 Å². The molecule has 0 radical (unpaired) electrons. The molecule has 284 valence electrons. The minimum Gasteiger partial charge on any atom is -0.698 e. The van der Waals surface area contributed by atoms with Gasteiger partial charge in [-0.15, -0.1) is 5.69 Å². The van der Waals surface area contributed by atoms with Crippen molar-refractivity contribution in [3.63, 3.8) is 0 Å². The zero-order valence-electron chi connectivity index (χ0n) is 36.6. The quantitative estimate of drug-likeness (QED) is 0.158. The van der Waals surface area contributed by atoms with Gasteiger partial charge in [0.25, 0.3) is 0 Å². The minimum atomic E-state index is 0. The summed E-state index contributed by atoms with van der Waals surface area (Å²) in [6.07, 6.45) is 0. The summed E-state index contributed by atoms with van der Waals surface area (Å²) in [5.74, 6) is 0. The molecular weight excluding hydrogens is 850 g/mol. The van der Waals surface area contributed by atoms with Gasteiger partial charge < -0.3 is 26.7 Å². The third-order valence-electron chi connectivity index (χ3n) is 11.2. The van der Waals surface area contributed by atoms with Crippen LogP contribution in [0.3, 0.4) is 0 Å². The van der Waals surface area contributed by atoms with E-state index in [0.29, 0.717) is 5.69 Å². The minimum absolute atomic E-state index is 0. The Bertz CT molecular complexity index is 1360. The molecule has 0 heterocycles. The Kier molecular flexibility index (Phi) is 32.9. The van der Waals surface area contributed by atoms with Crippen molar-refractivity contribution in [2.24, 2.45) is 0 Å². The monoisotopic (exact) mass is 922 g/mol. The molecule has 4 aromatic rings. The zero-order valence-corrected chi connectivity index (χ0v) is 43.9. The molecule has 0 fully saturated rings. The summed E-state index contributed by atoms with van der Waals surface area (Å²) >= 11 is 3.61. The molecule has 0 unspecified atom stereocenters. The molecule has 0 aromatic heterocycles. The third-order valence-corrected chi connectivity index (χ3v) is 12.3. The van der Waals surface area contributed by atoms with Gasteiger partial charge >= 0.3 is 65.4 Å². The van der Waals surface area contributed by atoms with Crippen LogP contribution in [0.2, 0.25) is 0 Å². The van der Waals surface area contributed by atoms with E-state index < -0.39 is 0 Å². The van der Waals surface area contributed by atoms with E-state index in [1.54, 1.807) is 0 Å². The molecule has 0 saturated heterocycles. The first kappa shape index (κ1) is 63.3. The second kappa shape index (κ2) is 27.0. The van der Waals surface area contributed by atoms with Gasteiger partial charge in [-0.2, -0.15) is 67.8 Å². The fourth-order valence-corrected chi connectivity index (χ4v) is 6.17. The molecule has 0 atom stereocenters. The summed E-state index contributed by atoms with van der Waals surface area (Å²) in [6.45, 7) is 42.7. The fourth-order valence-electron chi connectivity index (χ4n) is 5.58. The average molecular weight is 924 g/mol. The van der Waals surface area contributed by atoms with E-state index in [2.05, 4.69) is 153 Å². The van der Waals surface area contributed by atoms with Gasteiger partial charge in [-0.05, 0) is 114 Å². The maximum Gasteiger partial charge on any atom is 3.00 e. The van der Waals surface area contributed by atoms with Gasteiger partial charge in [0.05, 0.1) is 0 Å². The van der Waals surface area contributed by atoms with E-state index in [-0.39, 0.29) is 93.8 Å². The predicted molar refractivity (Wildman–Crippen MR) is 235 cm³/mol. The van der Waals surface area contributed by atoms with Crippen LogP contribution in [-0.2, 0) is 65.4 Å². The van der Waals surface area contributed by atoms with Crippen molar-refractivity contribution in [1.29, 1.82) is 0 Å². The number of nitrogens with one attached hydrogen (secondary N) is 1. The summed E-state index contributed by atoms with van der Waals surface area (Å²) in [4.78, 5) is 0. The van der Waals surface area contributed by atoms with Crippen molar-refractivity contribution in [3.8, 4) is 0 Å². The Morgan fingerprint density at radius 1 is 0.327 bits per heavy atom. The number of hydrogen-bond donors (Lipinski definition) is 0. The van der Waals surface area contributed by atoms with Gasteiger partial charge in [0.1, 0.15) is 0 Å². The number of hydrogen-bond acceptors (Lipinski definition) is 0. The number of benzene rings is 4. The van der Waals surface area contributed by atoms with E-state index in [4.69, 9.17) is 5.73 Å². The van der Waals surface area contributed by atoms with Crippen LogP contribution < -0.4 is 0 Å². The largest absolute Gasteiger partial charge is 3.00 e. The molecule has 0 aliphatic rings. The topological polar surface area (TPSA) is 57.3 Å². The summed E-state index contributed by atoms with van der Waals surface area (Å²) in [6, 6.07) is 6.70. The van der Waals surface area contributed by atoms with Crippen LogP contribution in [0.15, 0.2) is 4.47 Å². The van der Waals surface area contributed by atoms with Crippen LogP contribution in [0.4, 0.5) is 5.69 Å². The normalized spacial score (nSPS) is 9.17. The second-order valence-corrected chi connectivity index (χ2v) is 14.2. The third kappa shape index (κ3) is 15.1. The molecule has 0 saturated carbocycles. The molecule has 4 aromatic carbocycles. The first-order valence-electron chi connectivity index (χ1n) is 16.4. The van der Waals surface area contributed by atoms with Crippen molar-refractivity contribution < 1.29 is 65.4 Å². The van der Waals surface area contributed by atoms with Crippen LogP contribution in [0.5, 0.6) is 0 Å². The van der Waals surface area contributed by atoms with E-state index in [1.165, 1.54) is 105 Å². The summed E-state index contributed by atoms with van der Waals surface area (Å²) in [5.41, 5.74) is 35.1. The molecule has 2 nitrogen and oxygen atoms in total. The van der Waals surface area contributed by atoms with Crippen LogP contribution in [-0.4, -0.2) is 0 Å². The van der Waals surface area contributed by atoms with Gasteiger partial charge in [0, 0.05) is 4.47 Å². The Morgan fingerprint density at radius 3 is 0.692 bits per heavy atom. The second-order valence-electron chi connectivity index (χ2n) is 13.4. The molecule has 4 rings (SSSR count). The molecule has 0 aliphatic carbocycles. The molecule has 0 bridgehead atoms. The Morgan fingerprint density at radius 2 is 0.481 bits per heavy atom. The van der Waals surface area contributed by atoms with Crippen LogP contribution in [0.1, 0.15) is 119 Å². The van der Waals surface area contributed by atoms with Gasteiger partial charge in [-0.1, -0.05) is 104 Å². The Balaban J connectivity index is -0.000000131. The van der Waals surface area contributed by atoms with Crippen molar-refractivity contribution in [2.45, 2.75) is 146 Å². The van der Waals surface area contributed by atoms with Crippen LogP contribution in [0, 0.1) is 165 Å². The van der Waals surface area contributed by atoms with Gasteiger partial charge in [-0.25, -0.2) is 0 Å². The van der Waals surface area contributed by atoms with Gasteiger partial charge in [0.15, 0.2) is 0 Å². The van der Waals surface area contributed by atoms with E-state index in [9.17, 15) is 0 Å². The van der Waals surface area contributed by atoms with Crippen LogP contribution in [0.25, 0.3) is 11.9 Å². The predicted octanol–water partition coefficient (Wildman–Crippen LogP) is 16.2. The molecule has 3 N–H and O–H groups in total. The molecule has 5 heteroatoms. The first-order chi connectivity index (χ1) is 21.0. The maximum absolute atomic E-state index is 7.82. The number of halogens is 1. The number of nitrogens with two attached hydrogens (primary N) is 1. The first-order valence-corrected chi connectivity index (χ1v) is 17.2. The maximum atomic E-state index is 7.82. The van der Waals surface area contributed by atoms with Crippen molar-refractivity contribution in [2.75, 3.05) is 0 Å². The van der Waals surface area contributed by atoms with Crippen molar-refractivity contribution >= 4 is 21.6 Å². The van der Waals surface area contributed by atoms with E-state index in [1.807, 2.05) is 13.8 Å². The van der Waals surface area contributed by atoms with Gasteiger partial charge in [0.2, 0.25) is 0 Å². The Hall–Kier alpha value is -0.672. The summed E-state index contributed by atoms with van der Waals surface area (Å²) in [7, 11) is 0. The van der Waals surface area contributed by atoms with Gasteiger partial charge in [-0.3, -0.25) is 0 Å². The smallest absolute Gasteiger partial charge is 0.698 e. The SMILES string of the molecule is C.Cc1[c-]c(C)c(C)c(C)c1C.Cc1[c-]c(C)c(C)c(C)c1C.Cc1c(C)c(C)c(Br)c(C)c1C.Cc1c(C)c(C)c([NH-])c(C)c1C.[CH3-].[CH3-].[NH2-].[Y+3].[Y+3]. The Labute approximate surface area is 383 Å². The van der Waals surface area contributed by atoms with Crippen molar-refractivity contribution in [1.82, 2.24) is 0 Å². The zero-order chi connectivity index (χ0) is 36.1. The molecule has 52 heavy (non-hydrogen) atoms.